The van der Waals surface area contributed by atoms with Gasteiger partial charge < -0.3 is 0 Å². The summed E-state index contributed by atoms with van der Waals surface area (Å²) in [7, 11) is 0. The Balaban J connectivity index is 1.36. The first-order valence-electron chi connectivity index (χ1n) is 17.4. The molecule has 0 aliphatic carbocycles. The third-order valence-corrected chi connectivity index (χ3v) is 10.4. The molecule has 0 spiro atoms. The minimum atomic E-state index is 1.21. The Morgan fingerprint density at radius 1 is 0.260 bits per heavy atom. The van der Waals surface area contributed by atoms with E-state index in [0.29, 0.717) is 0 Å². The minimum absolute atomic E-state index is 1.21. The van der Waals surface area contributed by atoms with Crippen LogP contribution in [0.1, 0.15) is 11.1 Å². The molecular formula is C50H36. The van der Waals surface area contributed by atoms with Crippen LogP contribution in [0.2, 0.25) is 0 Å². The molecule has 236 valence electrons. The summed E-state index contributed by atoms with van der Waals surface area (Å²) in [4.78, 5) is 0. The van der Waals surface area contributed by atoms with Crippen molar-refractivity contribution >= 4 is 32.3 Å². The second kappa shape index (κ2) is 12.3. The number of hydrogen-bond donors (Lipinski definition) is 0. The van der Waals surface area contributed by atoms with E-state index in [0.717, 1.165) is 0 Å². The lowest BCUT2D eigenvalue weighted by atomic mass is 9.81. The molecule has 9 aromatic carbocycles. The molecule has 0 nitrogen and oxygen atoms in total. The van der Waals surface area contributed by atoms with Crippen LogP contribution in [-0.4, -0.2) is 0 Å². The fraction of sp³-hybridized carbons (Fsp3) is 0.0400. The molecule has 0 heteroatoms. The van der Waals surface area contributed by atoms with Crippen molar-refractivity contribution in [3.8, 4) is 55.6 Å². The Hall–Kier alpha value is -6.24. The molecule has 0 heterocycles. The number of aryl methyl sites for hydroxylation is 2. The van der Waals surface area contributed by atoms with Gasteiger partial charge in [-0.3, -0.25) is 0 Å². The van der Waals surface area contributed by atoms with Gasteiger partial charge in [0.1, 0.15) is 0 Å². The van der Waals surface area contributed by atoms with Gasteiger partial charge in [-0.1, -0.05) is 170 Å². The first kappa shape index (κ1) is 29.9. The van der Waals surface area contributed by atoms with E-state index in [9.17, 15) is 0 Å². The zero-order chi connectivity index (χ0) is 33.6. The molecule has 9 rings (SSSR count). The lowest BCUT2D eigenvalue weighted by molar-refractivity contribution is 1.37. The van der Waals surface area contributed by atoms with E-state index in [1.165, 1.54) is 99.1 Å². The highest BCUT2D eigenvalue weighted by Gasteiger charge is 2.22. The molecule has 0 unspecified atom stereocenters. The summed E-state index contributed by atoms with van der Waals surface area (Å²) in [6.07, 6.45) is 0. The molecule has 0 aromatic heterocycles. The Morgan fingerprint density at radius 3 is 1.26 bits per heavy atom. The van der Waals surface area contributed by atoms with Crippen LogP contribution in [0.5, 0.6) is 0 Å². The molecule has 0 saturated carbocycles. The van der Waals surface area contributed by atoms with Gasteiger partial charge in [0, 0.05) is 0 Å². The molecule has 9 aromatic rings. The van der Waals surface area contributed by atoms with Crippen molar-refractivity contribution in [2.75, 3.05) is 0 Å². The SMILES string of the molecule is Cc1cc2c(-c3ccccc3-c3ccc(-c4ccccc4)cc3)c3ccccc3c(-c3cc4ccccc4cc3-c3ccccc3)c2cc1C. The highest BCUT2D eigenvalue weighted by atomic mass is 14.2. The highest BCUT2D eigenvalue weighted by Crippen LogP contribution is 2.49. The average molecular weight is 637 g/mol. The predicted octanol–water partition coefficient (Wildman–Crippen LogP) is 14.1. The first-order valence-corrected chi connectivity index (χ1v) is 17.4. The fourth-order valence-electron chi connectivity index (χ4n) is 7.75. The van der Waals surface area contributed by atoms with Crippen molar-refractivity contribution in [2.24, 2.45) is 0 Å². The number of benzene rings is 9. The summed E-state index contributed by atoms with van der Waals surface area (Å²) in [6, 6.07) is 66.9. The maximum absolute atomic E-state index is 2.43. The van der Waals surface area contributed by atoms with Gasteiger partial charge in [-0.25, -0.2) is 0 Å². The van der Waals surface area contributed by atoms with Gasteiger partial charge in [-0.2, -0.15) is 0 Å². The third kappa shape index (κ3) is 5.09. The molecular weight excluding hydrogens is 601 g/mol. The standard InChI is InChI=1S/C50H36/c1-33-29-46-47(30-34(33)2)50(48-32-40-20-10-9-19-39(40)31-45(48)37-17-7-4-8-18-37)44-24-14-13-23-43(44)49(46)42-22-12-11-21-41(42)38-27-25-36(26-28-38)35-15-5-3-6-16-35/h3-32H,1-2H3. The molecule has 0 aliphatic rings. The molecule has 0 aliphatic heterocycles. The van der Waals surface area contributed by atoms with Gasteiger partial charge in [0.2, 0.25) is 0 Å². The first-order chi connectivity index (χ1) is 24.6. The van der Waals surface area contributed by atoms with Crippen LogP contribution >= 0.6 is 0 Å². The van der Waals surface area contributed by atoms with E-state index in [2.05, 4.69) is 196 Å². The van der Waals surface area contributed by atoms with Crippen molar-refractivity contribution in [3.05, 3.63) is 193 Å². The second-order valence-electron chi connectivity index (χ2n) is 13.4. The van der Waals surface area contributed by atoms with Gasteiger partial charge in [0.05, 0.1) is 0 Å². The molecule has 0 atom stereocenters. The van der Waals surface area contributed by atoms with Crippen LogP contribution in [0.3, 0.4) is 0 Å². The fourth-order valence-corrected chi connectivity index (χ4v) is 7.75. The lowest BCUT2D eigenvalue weighted by Gasteiger charge is -2.22. The second-order valence-corrected chi connectivity index (χ2v) is 13.4. The maximum atomic E-state index is 2.43. The Kier molecular flexibility index (Phi) is 7.37. The topological polar surface area (TPSA) is 0 Å². The highest BCUT2D eigenvalue weighted by molar-refractivity contribution is 6.24. The van der Waals surface area contributed by atoms with E-state index in [-0.39, 0.29) is 0 Å². The molecule has 0 saturated heterocycles. The Labute approximate surface area is 293 Å². The van der Waals surface area contributed by atoms with E-state index in [1.807, 2.05) is 0 Å². The van der Waals surface area contributed by atoms with Gasteiger partial charge in [0.15, 0.2) is 0 Å². The monoisotopic (exact) mass is 636 g/mol. The average Bonchev–Trinajstić information content (AvgIpc) is 3.18. The van der Waals surface area contributed by atoms with Crippen LogP contribution in [0.4, 0.5) is 0 Å². The number of hydrogen-bond acceptors (Lipinski definition) is 0. The van der Waals surface area contributed by atoms with Crippen molar-refractivity contribution in [1.29, 1.82) is 0 Å². The van der Waals surface area contributed by atoms with Gasteiger partial charge >= 0.3 is 0 Å². The van der Waals surface area contributed by atoms with Crippen molar-refractivity contribution in [1.82, 2.24) is 0 Å². The predicted molar refractivity (Wildman–Crippen MR) is 216 cm³/mol. The summed E-state index contributed by atoms with van der Waals surface area (Å²) >= 11 is 0. The van der Waals surface area contributed by atoms with E-state index in [4.69, 9.17) is 0 Å². The number of fused-ring (bicyclic) bond motifs is 3. The molecule has 0 N–H and O–H groups in total. The largest absolute Gasteiger partial charge is 0.0622 e. The molecule has 0 fully saturated rings. The Morgan fingerprint density at radius 2 is 0.660 bits per heavy atom. The van der Waals surface area contributed by atoms with E-state index >= 15 is 0 Å². The summed E-state index contributed by atoms with van der Waals surface area (Å²) < 4.78 is 0. The molecule has 0 radical (unpaired) electrons. The molecule has 0 bridgehead atoms. The van der Waals surface area contributed by atoms with Crippen molar-refractivity contribution in [2.45, 2.75) is 13.8 Å². The van der Waals surface area contributed by atoms with Gasteiger partial charge in [-0.05, 0) is 125 Å². The van der Waals surface area contributed by atoms with Crippen molar-refractivity contribution < 1.29 is 0 Å². The normalized spacial score (nSPS) is 11.4. The van der Waals surface area contributed by atoms with Crippen LogP contribution in [0.25, 0.3) is 88.0 Å². The molecule has 50 heavy (non-hydrogen) atoms. The van der Waals surface area contributed by atoms with Crippen LogP contribution in [0, 0.1) is 13.8 Å². The van der Waals surface area contributed by atoms with Crippen molar-refractivity contribution in [3.63, 3.8) is 0 Å². The van der Waals surface area contributed by atoms with Crippen LogP contribution in [0.15, 0.2) is 182 Å². The smallest absolute Gasteiger partial charge is 0.00198 e. The summed E-state index contributed by atoms with van der Waals surface area (Å²) in [5.41, 5.74) is 15.1. The summed E-state index contributed by atoms with van der Waals surface area (Å²) in [5, 5.41) is 7.58. The van der Waals surface area contributed by atoms with Crippen LogP contribution < -0.4 is 0 Å². The zero-order valence-corrected chi connectivity index (χ0v) is 28.3. The summed E-state index contributed by atoms with van der Waals surface area (Å²) in [6.45, 7) is 4.49. The lowest BCUT2D eigenvalue weighted by Crippen LogP contribution is -1.96. The number of rotatable bonds is 5. The quantitative estimate of drug-likeness (QED) is 0.165. The van der Waals surface area contributed by atoms with E-state index < -0.39 is 0 Å². The zero-order valence-electron chi connectivity index (χ0n) is 28.3. The summed E-state index contributed by atoms with van der Waals surface area (Å²) in [5.74, 6) is 0. The third-order valence-electron chi connectivity index (χ3n) is 10.4. The van der Waals surface area contributed by atoms with Crippen LogP contribution in [-0.2, 0) is 0 Å². The Bertz CT molecular complexity index is 2680. The van der Waals surface area contributed by atoms with E-state index in [1.54, 1.807) is 0 Å². The van der Waals surface area contributed by atoms with Gasteiger partial charge in [0.25, 0.3) is 0 Å². The minimum Gasteiger partial charge on any atom is -0.0622 e. The maximum Gasteiger partial charge on any atom is -0.00198 e. The molecule has 0 amide bonds. The van der Waals surface area contributed by atoms with Gasteiger partial charge in [-0.15, -0.1) is 0 Å².